The van der Waals surface area contributed by atoms with Gasteiger partial charge in [0, 0.05) is 54.9 Å². The number of nitrogens with one attached hydrogen (secondary N) is 1. The maximum absolute atomic E-state index is 12.5. The molecule has 4 N–H and O–H groups in total. The van der Waals surface area contributed by atoms with Gasteiger partial charge in [-0.15, -0.1) is 0 Å². The highest BCUT2D eigenvalue weighted by Crippen LogP contribution is 2.38. The first-order valence-electron chi connectivity index (χ1n) is 10.8. The van der Waals surface area contributed by atoms with Gasteiger partial charge in [-0.05, 0) is 66.6 Å². The van der Waals surface area contributed by atoms with E-state index in [1.807, 2.05) is 0 Å². The quantitative estimate of drug-likeness (QED) is 0.495. The van der Waals surface area contributed by atoms with Crippen molar-refractivity contribution in [3.05, 3.63) is 40.6 Å². The van der Waals surface area contributed by atoms with Crippen LogP contribution in [0.25, 0.3) is 16.6 Å². The second kappa shape index (κ2) is 7.74. The summed E-state index contributed by atoms with van der Waals surface area (Å²) in [6.07, 6.45) is 2.13. The Morgan fingerprint density at radius 2 is 2.13 bits per heavy atom. The fourth-order valence-electron chi connectivity index (χ4n) is 5.30. The molecule has 1 amide bonds. The minimum Gasteiger partial charge on any atom is -0.387 e. The Morgan fingerprint density at radius 3 is 2.84 bits per heavy atom. The van der Waals surface area contributed by atoms with Crippen LogP contribution < -0.4 is 11.1 Å². The zero-order chi connectivity index (χ0) is 21.9. The van der Waals surface area contributed by atoms with Gasteiger partial charge in [0.15, 0.2) is 0 Å². The van der Waals surface area contributed by atoms with Gasteiger partial charge in [0.1, 0.15) is 5.92 Å². The molecule has 2 unspecified atom stereocenters. The summed E-state index contributed by atoms with van der Waals surface area (Å²) < 4.78 is 2.23. The number of halogens is 1. The van der Waals surface area contributed by atoms with Crippen LogP contribution in [0.5, 0.6) is 0 Å². The second-order valence-electron chi connectivity index (χ2n) is 9.02. The van der Waals surface area contributed by atoms with E-state index in [1.165, 1.54) is 5.69 Å². The molecule has 0 bridgehead atoms. The lowest BCUT2D eigenvalue weighted by molar-refractivity contribution is -0.133. The number of aliphatic hydroxyl groups is 1. The number of likely N-dealkylation sites (tertiary alicyclic amines) is 1. The highest BCUT2D eigenvalue weighted by Gasteiger charge is 2.41. The predicted octanol–water partition coefficient (Wildman–Crippen LogP) is 1.63. The minimum atomic E-state index is -1.25. The van der Waals surface area contributed by atoms with E-state index in [0.29, 0.717) is 17.7 Å². The number of fused-ring (bicyclic) bond motifs is 3. The van der Waals surface area contributed by atoms with Gasteiger partial charge < -0.3 is 20.7 Å². The largest absolute Gasteiger partial charge is 0.387 e. The van der Waals surface area contributed by atoms with Crippen molar-refractivity contribution in [2.75, 3.05) is 13.1 Å². The van der Waals surface area contributed by atoms with E-state index < -0.39 is 23.2 Å². The van der Waals surface area contributed by atoms with Crippen molar-refractivity contribution in [3.63, 3.8) is 0 Å². The minimum absolute atomic E-state index is 0.251. The topological polar surface area (TPSA) is 101 Å². The van der Waals surface area contributed by atoms with Crippen LogP contribution in [-0.4, -0.2) is 51.0 Å². The summed E-state index contributed by atoms with van der Waals surface area (Å²) in [7, 11) is 2.09. The Kier molecular flexibility index (Phi) is 5.17. The predicted molar refractivity (Wildman–Crippen MR) is 119 cm³/mol. The van der Waals surface area contributed by atoms with Crippen molar-refractivity contribution in [3.8, 4) is 0 Å². The zero-order valence-electron chi connectivity index (χ0n) is 17.5. The van der Waals surface area contributed by atoms with Crippen LogP contribution >= 0.6 is 11.6 Å². The molecule has 3 atom stereocenters. The van der Waals surface area contributed by atoms with Crippen LogP contribution in [0.15, 0.2) is 23.8 Å². The van der Waals surface area contributed by atoms with Gasteiger partial charge in [0.05, 0.1) is 11.8 Å². The first-order valence-corrected chi connectivity index (χ1v) is 11.2. The Bertz CT molecular complexity index is 1120. The van der Waals surface area contributed by atoms with Crippen molar-refractivity contribution in [2.24, 2.45) is 18.7 Å². The summed E-state index contributed by atoms with van der Waals surface area (Å²) in [6.45, 7) is 2.78. The molecule has 1 aromatic carbocycles. The molecular formula is C23H27ClN4O3. The molecule has 3 heterocycles. The lowest BCUT2D eigenvalue weighted by Gasteiger charge is -2.30. The van der Waals surface area contributed by atoms with E-state index >= 15 is 0 Å². The molecule has 2 aliphatic heterocycles. The van der Waals surface area contributed by atoms with E-state index in [2.05, 4.69) is 40.0 Å². The number of hydrogen-bond acceptors (Lipinski definition) is 5. The molecule has 164 valence electrons. The van der Waals surface area contributed by atoms with Crippen LogP contribution in [0.4, 0.5) is 0 Å². The van der Waals surface area contributed by atoms with Crippen LogP contribution in [0.3, 0.4) is 0 Å². The Hall–Kier alpha value is -2.19. The number of rotatable bonds is 3. The summed E-state index contributed by atoms with van der Waals surface area (Å²) in [5.74, 6) is -1.79. The van der Waals surface area contributed by atoms with E-state index in [-0.39, 0.29) is 6.04 Å². The molecule has 5 rings (SSSR count). The molecule has 0 saturated carbocycles. The number of hydrogen-bond donors (Lipinski definition) is 3. The van der Waals surface area contributed by atoms with Crippen LogP contribution in [0.1, 0.15) is 36.1 Å². The maximum atomic E-state index is 12.5. The molecule has 3 aliphatic rings. The fraction of sp³-hybridized carbons (Fsp3) is 0.478. The molecule has 0 radical (unpaired) electrons. The van der Waals surface area contributed by atoms with Gasteiger partial charge in [-0.25, -0.2) is 0 Å². The molecule has 1 saturated heterocycles. The third-order valence-corrected chi connectivity index (χ3v) is 7.23. The number of aryl methyl sites for hydroxylation is 2. The van der Waals surface area contributed by atoms with E-state index in [1.54, 1.807) is 0 Å². The average molecular weight is 443 g/mol. The van der Waals surface area contributed by atoms with Gasteiger partial charge >= 0.3 is 0 Å². The van der Waals surface area contributed by atoms with Crippen molar-refractivity contribution in [2.45, 2.75) is 44.4 Å². The first kappa shape index (κ1) is 20.7. The van der Waals surface area contributed by atoms with E-state index in [4.69, 9.17) is 17.3 Å². The molecule has 1 aromatic heterocycles. The lowest BCUT2D eigenvalue weighted by Crippen LogP contribution is -2.46. The number of carbonyl (C=O) groups excluding carboxylic acids is 2. The van der Waals surface area contributed by atoms with Gasteiger partial charge in [0.25, 0.3) is 0 Å². The van der Waals surface area contributed by atoms with Gasteiger partial charge in [-0.3, -0.25) is 14.5 Å². The van der Waals surface area contributed by atoms with Crippen LogP contribution in [0, 0.1) is 5.92 Å². The SMILES string of the molecule is Cn1c(CN2CCC(N)C2)cc2cc3c(cc21)CCCC1=C3NC(=O)[C@@H](C(=O)Cl)C1O. The van der Waals surface area contributed by atoms with Crippen molar-refractivity contribution in [1.82, 2.24) is 14.8 Å². The molecule has 31 heavy (non-hydrogen) atoms. The summed E-state index contributed by atoms with van der Waals surface area (Å²) >= 11 is 5.60. The second-order valence-corrected chi connectivity index (χ2v) is 9.39. The first-order chi connectivity index (χ1) is 14.8. The smallest absolute Gasteiger partial charge is 0.239 e. The number of aromatic nitrogens is 1. The number of nitrogens with two attached hydrogens (primary N) is 1. The summed E-state index contributed by atoms with van der Waals surface area (Å²) in [5.41, 5.74) is 11.8. The van der Waals surface area contributed by atoms with Gasteiger partial charge in [-0.1, -0.05) is 0 Å². The van der Waals surface area contributed by atoms with Crippen LogP contribution in [-0.2, 0) is 29.6 Å². The summed E-state index contributed by atoms with van der Waals surface area (Å²) in [5, 5.41) is 13.9. The molecule has 2 aromatic rings. The zero-order valence-corrected chi connectivity index (χ0v) is 18.3. The Morgan fingerprint density at radius 1 is 1.32 bits per heavy atom. The van der Waals surface area contributed by atoms with E-state index in [0.717, 1.165) is 60.9 Å². The van der Waals surface area contributed by atoms with Gasteiger partial charge in [-0.2, -0.15) is 0 Å². The monoisotopic (exact) mass is 442 g/mol. The standard InChI is InChI=1S/C23H27ClN4O3/c1-27-15(11-28-6-5-14(25)10-28)7-13-8-17-12(9-18(13)27)3-2-4-16-20(17)26-23(31)19(21(16)29)22(24)30/h7-9,14,19,21,29H,2-6,10-11,25H2,1H3,(H,26,31)/t14?,19-,21?/m1/s1. The van der Waals surface area contributed by atoms with Gasteiger partial charge in [0.2, 0.25) is 11.1 Å². The highest BCUT2D eigenvalue weighted by atomic mass is 35.5. The number of benzene rings is 1. The number of aliphatic hydroxyl groups excluding tert-OH is 1. The third-order valence-electron chi connectivity index (χ3n) is 6.99. The fourth-order valence-corrected chi connectivity index (χ4v) is 5.51. The molecule has 0 spiro atoms. The molecular weight excluding hydrogens is 416 g/mol. The molecule has 1 aliphatic carbocycles. The average Bonchev–Trinajstić information content (AvgIpc) is 3.19. The molecule has 7 nitrogen and oxygen atoms in total. The molecule has 8 heteroatoms. The summed E-state index contributed by atoms with van der Waals surface area (Å²) in [4.78, 5) is 26.6. The maximum Gasteiger partial charge on any atom is 0.239 e. The normalized spacial score (nSPS) is 26.6. The third kappa shape index (κ3) is 3.49. The Labute approximate surface area is 185 Å². The number of nitrogens with zero attached hydrogens (tertiary/aromatic N) is 2. The molecule has 1 fully saturated rings. The lowest BCUT2D eigenvalue weighted by atomic mass is 9.87. The highest BCUT2D eigenvalue weighted by molar-refractivity contribution is 6.65. The van der Waals surface area contributed by atoms with Crippen molar-refractivity contribution < 1.29 is 14.7 Å². The van der Waals surface area contributed by atoms with E-state index in [9.17, 15) is 14.7 Å². The van der Waals surface area contributed by atoms with Crippen molar-refractivity contribution in [1.29, 1.82) is 0 Å². The van der Waals surface area contributed by atoms with Crippen LogP contribution in [0.2, 0.25) is 0 Å². The summed E-state index contributed by atoms with van der Waals surface area (Å²) in [6, 6.07) is 6.73. The number of amides is 1. The Balaban J connectivity index is 1.57. The van der Waals surface area contributed by atoms with Crippen molar-refractivity contribution >= 4 is 39.4 Å². The number of carbonyl (C=O) groups is 2.